The standard InChI is InChI=1S/C15H16ClNO2S.ClH/c1-11-8-13(5-6-14(11)16)19-9-12(18)10-20-15-4-2-3-7-17-15;/h2-8,12,18H,9-10H2,1H3;1H. The highest BCUT2D eigenvalue weighted by molar-refractivity contribution is 7.99. The molecule has 6 heteroatoms. The van der Waals surface area contributed by atoms with E-state index >= 15 is 0 Å². The number of hydrogen-bond donors (Lipinski definition) is 1. The molecule has 1 aromatic heterocycles. The maximum absolute atomic E-state index is 9.90. The smallest absolute Gasteiger partial charge is 0.119 e. The molecule has 0 aliphatic rings. The molecule has 0 aliphatic carbocycles. The largest absolute Gasteiger partial charge is 0.491 e. The van der Waals surface area contributed by atoms with Gasteiger partial charge in [0.1, 0.15) is 12.4 Å². The van der Waals surface area contributed by atoms with Crippen molar-refractivity contribution >= 4 is 35.8 Å². The lowest BCUT2D eigenvalue weighted by Crippen LogP contribution is -2.20. The molecule has 0 bridgehead atoms. The number of aryl methyl sites for hydroxylation is 1. The first-order chi connectivity index (χ1) is 9.65. The van der Waals surface area contributed by atoms with Crippen LogP contribution in [0, 0.1) is 6.92 Å². The van der Waals surface area contributed by atoms with Crippen molar-refractivity contribution in [1.29, 1.82) is 0 Å². The molecule has 0 radical (unpaired) electrons. The maximum atomic E-state index is 9.90. The van der Waals surface area contributed by atoms with Crippen LogP contribution in [0.5, 0.6) is 5.75 Å². The lowest BCUT2D eigenvalue weighted by molar-refractivity contribution is 0.126. The maximum Gasteiger partial charge on any atom is 0.119 e. The molecule has 1 atom stereocenters. The second kappa shape index (κ2) is 9.15. The summed E-state index contributed by atoms with van der Waals surface area (Å²) in [5.74, 6) is 1.26. The Hall–Kier alpha value is -0.940. The number of benzene rings is 1. The number of aromatic nitrogens is 1. The van der Waals surface area contributed by atoms with E-state index in [1.165, 1.54) is 11.8 Å². The normalized spacial score (nSPS) is 11.6. The Bertz CT molecular complexity index is 555. The zero-order valence-electron chi connectivity index (χ0n) is 11.5. The number of ether oxygens (including phenoxy) is 1. The van der Waals surface area contributed by atoms with Crippen molar-refractivity contribution in [2.24, 2.45) is 0 Å². The van der Waals surface area contributed by atoms with Gasteiger partial charge in [0.2, 0.25) is 0 Å². The second-order valence-electron chi connectivity index (χ2n) is 4.35. The average Bonchev–Trinajstić information content (AvgIpc) is 2.47. The van der Waals surface area contributed by atoms with Crippen molar-refractivity contribution in [1.82, 2.24) is 4.98 Å². The van der Waals surface area contributed by atoms with E-state index in [9.17, 15) is 5.11 Å². The van der Waals surface area contributed by atoms with Crippen LogP contribution in [0.1, 0.15) is 5.56 Å². The van der Waals surface area contributed by atoms with Crippen LogP contribution in [-0.4, -0.2) is 28.6 Å². The monoisotopic (exact) mass is 345 g/mol. The Morgan fingerprint density at radius 1 is 1.33 bits per heavy atom. The fourth-order valence-electron chi connectivity index (χ4n) is 1.56. The van der Waals surface area contributed by atoms with E-state index in [0.717, 1.165) is 10.6 Å². The van der Waals surface area contributed by atoms with Gasteiger partial charge in [-0.25, -0.2) is 4.98 Å². The Kier molecular flexibility index (Phi) is 7.89. The molecule has 2 rings (SSSR count). The molecule has 0 amide bonds. The minimum atomic E-state index is -0.544. The number of hydrogen-bond acceptors (Lipinski definition) is 4. The predicted octanol–water partition coefficient (Wildman–Crippen LogP) is 4.00. The fourth-order valence-corrected chi connectivity index (χ4v) is 2.45. The Labute approximate surface area is 140 Å². The lowest BCUT2D eigenvalue weighted by Gasteiger charge is -2.12. The topological polar surface area (TPSA) is 42.4 Å². The number of pyridine rings is 1. The molecule has 0 aliphatic heterocycles. The van der Waals surface area contributed by atoms with Gasteiger partial charge >= 0.3 is 0 Å². The first-order valence-corrected chi connectivity index (χ1v) is 7.62. The van der Waals surface area contributed by atoms with Crippen molar-refractivity contribution in [2.75, 3.05) is 12.4 Å². The van der Waals surface area contributed by atoms with Gasteiger partial charge in [0, 0.05) is 17.0 Å². The Balaban J connectivity index is 0.00000220. The van der Waals surface area contributed by atoms with Gasteiger partial charge in [-0.15, -0.1) is 24.2 Å². The van der Waals surface area contributed by atoms with Crippen LogP contribution in [-0.2, 0) is 0 Å². The van der Waals surface area contributed by atoms with Gasteiger partial charge in [-0.2, -0.15) is 0 Å². The number of halogens is 2. The average molecular weight is 346 g/mol. The number of aliphatic hydroxyl groups excluding tert-OH is 1. The van der Waals surface area contributed by atoms with Crippen molar-refractivity contribution in [3.63, 3.8) is 0 Å². The SMILES string of the molecule is Cc1cc(OCC(O)CSc2ccccn2)ccc1Cl.Cl. The van der Waals surface area contributed by atoms with E-state index in [1.807, 2.05) is 31.2 Å². The molecule has 1 heterocycles. The van der Waals surface area contributed by atoms with Crippen LogP contribution >= 0.6 is 35.8 Å². The minimum Gasteiger partial charge on any atom is -0.491 e. The quantitative estimate of drug-likeness (QED) is 0.803. The van der Waals surface area contributed by atoms with Crippen molar-refractivity contribution in [3.8, 4) is 5.75 Å². The summed E-state index contributed by atoms with van der Waals surface area (Å²) in [6.45, 7) is 2.17. The van der Waals surface area contributed by atoms with Crippen LogP contribution in [0.4, 0.5) is 0 Å². The number of rotatable bonds is 6. The van der Waals surface area contributed by atoms with Gasteiger partial charge in [0.25, 0.3) is 0 Å². The molecule has 3 nitrogen and oxygen atoms in total. The van der Waals surface area contributed by atoms with E-state index in [4.69, 9.17) is 16.3 Å². The van der Waals surface area contributed by atoms with Gasteiger partial charge in [0.15, 0.2) is 0 Å². The summed E-state index contributed by atoms with van der Waals surface area (Å²) in [6, 6.07) is 11.2. The zero-order chi connectivity index (χ0) is 14.4. The van der Waals surface area contributed by atoms with E-state index in [2.05, 4.69) is 4.98 Å². The van der Waals surface area contributed by atoms with E-state index in [1.54, 1.807) is 18.3 Å². The Morgan fingerprint density at radius 2 is 2.14 bits per heavy atom. The molecular weight excluding hydrogens is 329 g/mol. The molecule has 0 fully saturated rings. The highest BCUT2D eigenvalue weighted by atomic mass is 35.5. The summed E-state index contributed by atoms with van der Waals surface area (Å²) in [4.78, 5) is 4.19. The highest BCUT2D eigenvalue weighted by Crippen LogP contribution is 2.21. The van der Waals surface area contributed by atoms with Gasteiger partial charge in [-0.3, -0.25) is 0 Å². The molecular formula is C15H17Cl2NO2S. The zero-order valence-corrected chi connectivity index (χ0v) is 13.9. The number of aliphatic hydroxyl groups is 1. The summed E-state index contributed by atoms with van der Waals surface area (Å²) in [5, 5.41) is 11.5. The van der Waals surface area contributed by atoms with Crippen LogP contribution < -0.4 is 4.74 Å². The van der Waals surface area contributed by atoms with Crippen LogP contribution in [0.3, 0.4) is 0 Å². The van der Waals surface area contributed by atoms with Crippen molar-refractivity contribution < 1.29 is 9.84 Å². The van der Waals surface area contributed by atoms with Gasteiger partial charge < -0.3 is 9.84 Å². The fraction of sp³-hybridized carbons (Fsp3) is 0.267. The number of nitrogens with zero attached hydrogens (tertiary/aromatic N) is 1. The summed E-state index contributed by atoms with van der Waals surface area (Å²) in [6.07, 6.45) is 1.19. The minimum absolute atomic E-state index is 0. The molecule has 21 heavy (non-hydrogen) atoms. The molecule has 114 valence electrons. The molecule has 0 saturated carbocycles. The van der Waals surface area contributed by atoms with Gasteiger partial charge in [-0.05, 0) is 42.8 Å². The third-order valence-corrected chi connectivity index (χ3v) is 4.15. The molecule has 1 N–H and O–H groups in total. The third kappa shape index (κ3) is 6.14. The first kappa shape index (κ1) is 18.1. The van der Waals surface area contributed by atoms with E-state index < -0.39 is 6.10 Å². The van der Waals surface area contributed by atoms with Crippen LogP contribution in [0.2, 0.25) is 5.02 Å². The summed E-state index contributed by atoms with van der Waals surface area (Å²) < 4.78 is 5.55. The summed E-state index contributed by atoms with van der Waals surface area (Å²) in [5.41, 5.74) is 0.960. The lowest BCUT2D eigenvalue weighted by atomic mass is 10.2. The molecule has 2 aromatic rings. The highest BCUT2D eigenvalue weighted by Gasteiger charge is 2.07. The van der Waals surface area contributed by atoms with Crippen molar-refractivity contribution in [3.05, 3.63) is 53.2 Å². The van der Waals surface area contributed by atoms with E-state index in [-0.39, 0.29) is 19.0 Å². The molecule has 0 spiro atoms. The molecule has 1 aromatic carbocycles. The van der Waals surface area contributed by atoms with E-state index in [0.29, 0.717) is 16.5 Å². The third-order valence-electron chi connectivity index (χ3n) is 2.63. The Morgan fingerprint density at radius 3 is 2.81 bits per heavy atom. The van der Waals surface area contributed by atoms with Crippen LogP contribution in [0.25, 0.3) is 0 Å². The van der Waals surface area contributed by atoms with Crippen LogP contribution in [0.15, 0.2) is 47.6 Å². The molecule has 1 unspecified atom stereocenters. The summed E-state index contributed by atoms with van der Waals surface area (Å²) in [7, 11) is 0. The van der Waals surface area contributed by atoms with Gasteiger partial charge in [-0.1, -0.05) is 17.7 Å². The van der Waals surface area contributed by atoms with Gasteiger partial charge in [0.05, 0.1) is 11.1 Å². The first-order valence-electron chi connectivity index (χ1n) is 6.26. The number of thioether (sulfide) groups is 1. The van der Waals surface area contributed by atoms with Crippen molar-refractivity contribution in [2.45, 2.75) is 18.1 Å². The second-order valence-corrected chi connectivity index (χ2v) is 5.80. The molecule has 0 saturated heterocycles. The summed E-state index contributed by atoms with van der Waals surface area (Å²) >= 11 is 7.45. The predicted molar refractivity (Wildman–Crippen MR) is 89.9 cm³/mol.